The molecular weight excluding hydrogens is 289 g/mol. The van der Waals surface area contributed by atoms with E-state index in [0.29, 0.717) is 5.56 Å². The van der Waals surface area contributed by atoms with Gasteiger partial charge in [0, 0.05) is 11.8 Å². The lowest BCUT2D eigenvalue weighted by Gasteiger charge is -2.08. The first-order valence-electron chi connectivity index (χ1n) is 5.65. The van der Waals surface area contributed by atoms with Gasteiger partial charge in [0.05, 0.1) is 12.7 Å². The van der Waals surface area contributed by atoms with Crippen LogP contribution in [0.15, 0.2) is 30.5 Å². The fraction of sp³-hybridized carbons (Fsp3) is 0.154. The van der Waals surface area contributed by atoms with Crippen LogP contribution in [0.25, 0.3) is 11.4 Å². The van der Waals surface area contributed by atoms with Crippen molar-refractivity contribution in [3.63, 3.8) is 0 Å². The monoisotopic (exact) mass is 298 g/mol. The number of halogens is 3. The van der Waals surface area contributed by atoms with Gasteiger partial charge in [-0.3, -0.25) is 0 Å². The Morgan fingerprint density at radius 3 is 2.33 bits per heavy atom. The number of carboxylic acids is 1. The molecule has 0 saturated heterocycles. The second-order valence-corrected chi connectivity index (χ2v) is 4.00. The first-order valence-corrected chi connectivity index (χ1v) is 5.65. The molecule has 0 bridgehead atoms. The number of aromatic carboxylic acids is 1. The van der Waals surface area contributed by atoms with Crippen molar-refractivity contribution in [1.82, 2.24) is 9.97 Å². The summed E-state index contributed by atoms with van der Waals surface area (Å²) in [5, 5.41) is 8.90. The van der Waals surface area contributed by atoms with Crippen LogP contribution >= 0.6 is 0 Å². The van der Waals surface area contributed by atoms with E-state index in [1.807, 2.05) is 0 Å². The minimum Gasteiger partial charge on any atom is -0.480 e. The SMILES string of the molecule is COc1nc(-c2ccc(C(F)(F)F)cc2)ncc1C(=O)O. The number of hydrogen-bond donors (Lipinski definition) is 1. The summed E-state index contributed by atoms with van der Waals surface area (Å²) in [5.41, 5.74) is -0.702. The highest BCUT2D eigenvalue weighted by molar-refractivity contribution is 5.90. The standard InChI is InChI=1S/C13H9F3N2O3/c1-21-11-9(12(19)20)6-17-10(18-11)7-2-4-8(5-3-7)13(14,15)16/h2-6H,1H3,(H,19,20). The number of carbonyl (C=O) groups is 1. The molecule has 0 aliphatic rings. The Hall–Kier alpha value is -2.64. The Balaban J connectivity index is 2.41. The molecule has 0 spiro atoms. The van der Waals surface area contributed by atoms with Crippen LogP contribution in [0.4, 0.5) is 13.2 Å². The fourth-order valence-electron chi connectivity index (χ4n) is 1.62. The minimum absolute atomic E-state index is 0.0746. The van der Waals surface area contributed by atoms with Crippen LogP contribution in [0.2, 0.25) is 0 Å². The molecule has 0 atom stereocenters. The second kappa shape index (κ2) is 5.39. The van der Waals surface area contributed by atoms with E-state index in [0.717, 1.165) is 18.3 Å². The molecule has 110 valence electrons. The highest BCUT2D eigenvalue weighted by atomic mass is 19.4. The number of ether oxygens (including phenoxy) is 1. The van der Waals surface area contributed by atoms with Gasteiger partial charge in [-0.1, -0.05) is 12.1 Å². The van der Waals surface area contributed by atoms with E-state index < -0.39 is 17.7 Å². The van der Waals surface area contributed by atoms with E-state index in [9.17, 15) is 18.0 Å². The van der Waals surface area contributed by atoms with Gasteiger partial charge in [0.25, 0.3) is 0 Å². The number of hydrogen-bond acceptors (Lipinski definition) is 4. The highest BCUT2D eigenvalue weighted by Crippen LogP contribution is 2.30. The largest absolute Gasteiger partial charge is 0.480 e. The van der Waals surface area contributed by atoms with Gasteiger partial charge in [0.1, 0.15) is 5.56 Å². The second-order valence-electron chi connectivity index (χ2n) is 4.00. The zero-order valence-corrected chi connectivity index (χ0v) is 10.7. The van der Waals surface area contributed by atoms with Gasteiger partial charge in [-0.25, -0.2) is 9.78 Å². The average molecular weight is 298 g/mol. The van der Waals surface area contributed by atoms with Crippen LogP contribution in [0.5, 0.6) is 5.88 Å². The van der Waals surface area contributed by atoms with Crippen molar-refractivity contribution in [2.75, 3.05) is 7.11 Å². The summed E-state index contributed by atoms with van der Waals surface area (Å²) < 4.78 is 42.2. The molecule has 0 saturated carbocycles. The number of aromatic nitrogens is 2. The summed E-state index contributed by atoms with van der Waals surface area (Å²) >= 11 is 0. The highest BCUT2D eigenvalue weighted by Gasteiger charge is 2.30. The third-order valence-corrected chi connectivity index (χ3v) is 2.65. The van der Waals surface area contributed by atoms with Crippen molar-refractivity contribution in [2.45, 2.75) is 6.18 Å². The molecule has 1 heterocycles. The Bertz CT molecular complexity index is 669. The van der Waals surface area contributed by atoms with Crippen molar-refractivity contribution in [3.05, 3.63) is 41.6 Å². The van der Waals surface area contributed by atoms with Crippen LogP contribution in [0, 0.1) is 0 Å². The molecule has 0 unspecified atom stereocenters. The molecule has 1 aromatic heterocycles. The van der Waals surface area contributed by atoms with Crippen molar-refractivity contribution in [2.24, 2.45) is 0 Å². The Kier molecular flexibility index (Phi) is 3.79. The first kappa shape index (κ1) is 14.8. The molecule has 1 N–H and O–H groups in total. The number of nitrogens with zero attached hydrogens (tertiary/aromatic N) is 2. The molecule has 0 aliphatic carbocycles. The van der Waals surface area contributed by atoms with E-state index in [-0.39, 0.29) is 17.3 Å². The van der Waals surface area contributed by atoms with Crippen LogP contribution in [-0.2, 0) is 6.18 Å². The fourth-order valence-corrected chi connectivity index (χ4v) is 1.62. The molecule has 0 fully saturated rings. The van der Waals surface area contributed by atoms with Gasteiger partial charge in [-0.2, -0.15) is 18.2 Å². The topological polar surface area (TPSA) is 72.3 Å². The lowest BCUT2D eigenvalue weighted by Crippen LogP contribution is -2.06. The third kappa shape index (κ3) is 3.10. The molecule has 0 radical (unpaired) electrons. The minimum atomic E-state index is -4.43. The molecular formula is C13H9F3N2O3. The molecule has 8 heteroatoms. The van der Waals surface area contributed by atoms with Crippen LogP contribution < -0.4 is 4.74 Å². The maximum atomic E-state index is 12.5. The van der Waals surface area contributed by atoms with Crippen molar-refractivity contribution < 1.29 is 27.8 Å². The summed E-state index contributed by atoms with van der Waals surface area (Å²) in [7, 11) is 1.24. The van der Waals surface area contributed by atoms with E-state index in [2.05, 4.69) is 9.97 Å². The summed E-state index contributed by atoms with van der Waals surface area (Å²) in [6.45, 7) is 0. The van der Waals surface area contributed by atoms with Gasteiger partial charge in [-0.05, 0) is 12.1 Å². The van der Waals surface area contributed by atoms with E-state index in [1.165, 1.54) is 19.2 Å². The molecule has 2 rings (SSSR count). The van der Waals surface area contributed by atoms with Crippen LogP contribution in [0.1, 0.15) is 15.9 Å². The Morgan fingerprint density at radius 1 is 1.24 bits per heavy atom. The van der Waals surface area contributed by atoms with Crippen LogP contribution in [0.3, 0.4) is 0 Å². The van der Waals surface area contributed by atoms with Gasteiger partial charge in [0.2, 0.25) is 5.88 Å². The van der Waals surface area contributed by atoms with Crippen molar-refractivity contribution in [1.29, 1.82) is 0 Å². The predicted octanol–water partition coefficient (Wildman–Crippen LogP) is 2.87. The molecule has 0 amide bonds. The summed E-state index contributed by atoms with van der Waals surface area (Å²) in [6.07, 6.45) is -3.38. The van der Waals surface area contributed by atoms with Gasteiger partial charge in [0.15, 0.2) is 5.82 Å². The van der Waals surface area contributed by atoms with Crippen LogP contribution in [-0.4, -0.2) is 28.2 Å². The van der Waals surface area contributed by atoms with Crippen molar-refractivity contribution >= 4 is 5.97 Å². The maximum absolute atomic E-state index is 12.5. The van der Waals surface area contributed by atoms with E-state index in [4.69, 9.17) is 9.84 Å². The molecule has 5 nitrogen and oxygen atoms in total. The van der Waals surface area contributed by atoms with E-state index in [1.54, 1.807) is 0 Å². The molecule has 21 heavy (non-hydrogen) atoms. The summed E-state index contributed by atoms with van der Waals surface area (Å²) in [6, 6.07) is 4.21. The number of rotatable bonds is 3. The smallest absolute Gasteiger partial charge is 0.416 e. The lowest BCUT2D eigenvalue weighted by molar-refractivity contribution is -0.137. The summed E-state index contributed by atoms with van der Waals surface area (Å²) in [5.74, 6) is -1.34. The number of methoxy groups -OCH3 is 1. The Labute approximate surface area is 117 Å². The first-order chi connectivity index (χ1) is 9.82. The zero-order chi connectivity index (χ0) is 15.6. The quantitative estimate of drug-likeness (QED) is 0.943. The number of benzene rings is 1. The van der Waals surface area contributed by atoms with Crippen molar-refractivity contribution in [3.8, 4) is 17.3 Å². The lowest BCUT2D eigenvalue weighted by atomic mass is 10.1. The number of carboxylic acid groups (broad SMARTS) is 1. The maximum Gasteiger partial charge on any atom is 0.416 e. The Morgan fingerprint density at radius 2 is 1.86 bits per heavy atom. The van der Waals surface area contributed by atoms with Gasteiger partial charge >= 0.3 is 12.1 Å². The normalized spacial score (nSPS) is 11.2. The van der Waals surface area contributed by atoms with E-state index >= 15 is 0 Å². The molecule has 0 aliphatic heterocycles. The third-order valence-electron chi connectivity index (χ3n) is 2.65. The van der Waals surface area contributed by atoms with Gasteiger partial charge in [-0.15, -0.1) is 0 Å². The number of alkyl halides is 3. The molecule has 1 aromatic carbocycles. The zero-order valence-electron chi connectivity index (χ0n) is 10.7. The predicted molar refractivity (Wildman–Crippen MR) is 66.0 cm³/mol. The average Bonchev–Trinajstić information content (AvgIpc) is 2.45. The molecule has 2 aromatic rings. The summed E-state index contributed by atoms with van der Waals surface area (Å²) in [4.78, 5) is 18.6. The van der Waals surface area contributed by atoms with Gasteiger partial charge < -0.3 is 9.84 Å².